The van der Waals surface area contributed by atoms with Gasteiger partial charge in [-0.25, -0.2) is 4.98 Å². The Morgan fingerprint density at radius 3 is 2.79 bits per heavy atom. The Morgan fingerprint density at radius 2 is 2.21 bits per heavy atom. The normalized spacial score (nSPS) is 14.0. The maximum Gasteiger partial charge on any atom is 0.319 e. The molecule has 2 rings (SSSR count). The van der Waals surface area contributed by atoms with Crippen LogP contribution in [0.5, 0.6) is 0 Å². The van der Waals surface area contributed by atoms with Gasteiger partial charge in [-0.05, 0) is 19.1 Å². The Morgan fingerprint density at radius 1 is 1.47 bits per heavy atom. The van der Waals surface area contributed by atoms with E-state index in [2.05, 4.69) is 10.3 Å². The number of carboxylic acids is 1. The molecule has 2 aromatic rings. The quantitative estimate of drug-likeness (QED) is 0.794. The van der Waals surface area contributed by atoms with Gasteiger partial charge in [0.2, 0.25) is 5.91 Å². The summed E-state index contributed by atoms with van der Waals surface area (Å²) >= 11 is 0. The number of fused-ring (bicyclic) bond motifs is 1. The molecule has 0 bridgehead atoms. The van der Waals surface area contributed by atoms with Crippen molar-refractivity contribution < 1.29 is 14.7 Å². The average Bonchev–Trinajstić information content (AvgIpc) is 2.79. The van der Waals surface area contributed by atoms with E-state index in [0.29, 0.717) is 5.69 Å². The number of carboxylic acid groups (broad SMARTS) is 1. The van der Waals surface area contributed by atoms with Crippen molar-refractivity contribution >= 4 is 17.5 Å². The zero-order valence-electron chi connectivity index (χ0n) is 10.8. The van der Waals surface area contributed by atoms with E-state index in [1.807, 2.05) is 24.4 Å². The molecule has 0 spiro atoms. The van der Waals surface area contributed by atoms with Crippen LogP contribution in [0.1, 0.15) is 12.6 Å². The highest BCUT2D eigenvalue weighted by Gasteiger charge is 2.41. The van der Waals surface area contributed by atoms with Gasteiger partial charge in [-0.15, -0.1) is 0 Å². The molecule has 0 saturated heterocycles. The lowest BCUT2D eigenvalue weighted by atomic mass is 9.84. The van der Waals surface area contributed by atoms with Crippen LogP contribution in [0, 0.1) is 5.41 Å². The molecule has 0 saturated carbocycles. The van der Waals surface area contributed by atoms with Crippen molar-refractivity contribution in [2.75, 3.05) is 7.05 Å². The summed E-state index contributed by atoms with van der Waals surface area (Å²) in [7, 11) is 1.42. The fourth-order valence-electron chi connectivity index (χ4n) is 1.96. The summed E-state index contributed by atoms with van der Waals surface area (Å²) in [6.07, 6.45) is 3.60. The van der Waals surface area contributed by atoms with Gasteiger partial charge in [0.1, 0.15) is 11.1 Å². The molecule has 6 nitrogen and oxygen atoms in total. The predicted molar refractivity (Wildman–Crippen MR) is 68.7 cm³/mol. The molecule has 2 aromatic heterocycles. The van der Waals surface area contributed by atoms with E-state index < -0.39 is 17.3 Å². The molecule has 19 heavy (non-hydrogen) atoms. The third-order valence-corrected chi connectivity index (χ3v) is 3.15. The zero-order valence-corrected chi connectivity index (χ0v) is 10.8. The van der Waals surface area contributed by atoms with Gasteiger partial charge in [-0.2, -0.15) is 0 Å². The second-order valence-electron chi connectivity index (χ2n) is 4.59. The number of aromatic nitrogens is 2. The first-order valence-corrected chi connectivity index (χ1v) is 5.85. The molecule has 0 aromatic carbocycles. The van der Waals surface area contributed by atoms with Crippen molar-refractivity contribution in [1.82, 2.24) is 14.7 Å². The Bertz CT molecular complexity index is 602. The first-order valence-electron chi connectivity index (χ1n) is 5.85. The van der Waals surface area contributed by atoms with Crippen LogP contribution in [-0.2, 0) is 16.0 Å². The number of hydrogen-bond acceptors (Lipinski definition) is 3. The Labute approximate surface area is 110 Å². The second-order valence-corrected chi connectivity index (χ2v) is 4.59. The molecule has 0 aliphatic rings. The summed E-state index contributed by atoms with van der Waals surface area (Å²) in [5.74, 6) is -1.69. The van der Waals surface area contributed by atoms with Crippen LogP contribution >= 0.6 is 0 Å². The number of carbonyl (C=O) groups excluding carboxylic acids is 1. The molecule has 0 aliphatic carbocycles. The number of imidazole rings is 1. The standard InChI is InChI=1S/C13H15N3O3/c1-13(12(18)19,11(17)14-2)7-9-8-16-6-4-3-5-10(16)15-9/h3-6,8H,7H2,1-2H3,(H,14,17)(H,18,19). The van der Waals surface area contributed by atoms with E-state index in [-0.39, 0.29) is 6.42 Å². The molecule has 1 unspecified atom stereocenters. The number of amides is 1. The summed E-state index contributed by atoms with van der Waals surface area (Å²) in [4.78, 5) is 27.4. The van der Waals surface area contributed by atoms with Gasteiger partial charge in [0.05, 0.1) is 5.69 Å². The van der Waals surface area contributed by atoms with Crippen LogP contribution in [0.15, 0.2) is 30.6 Å². The van der Waals surface area contributed by atoms with E-state index >= 15 is 0 Å². The van der Waals surface area contributed by atoms with Crippen molar-refractivity contribution in [2.24, 2.45) is 5.41 Å². The Balaban J connectivity index is 2.36. The largest absolute Gasteiger partial charge is 0.480 e. The van der Waals surface area contributed by atoms with Gasteiger partial charge in [0.25, 0.3) is 0 Å². The molecular weight excluding hydrogens is 246 g/mol. The first-order chi connectivity index (χ1) is 8.97. The summed E-state index contributed by atoms with van der Waals surface area (Å²) in [6.45, 7) is 1.40. The topological polar surface area (TPSA) is 83.7 Å². The lowest BCUT2D eigenvalue weighted by Gasteiger charge is -2.21. The first kappa shape index (κ1) is 13.1. The third-order valence-electron chi connectivity index (χ3n) is 3.15. The highest BCUT2D eigenvalue weighted by atomic mass is 16.4. The van der Waals surface area contributed by atoms with Crippen molar-refractivity contribution in [1.29, 1.82) is 0 Å². The minimum atomic E-state index is -1.52. The molecule has 100 valence electrons. The number of carbonyl (C=O) groups is 2. The van der Waals surface area contributed by atoms with Crippen molar-refractivity contribution in [3.63, 3.8) is 0 Å². The molecule has 0 fully saturated rings. The predicted octanol–water partition coefficient (Wildman–Crippen LogP) is 0.714. The number of hydrogen-bond donors (Lipinski definition) is 2. The van der Waals surface area contributed by atoms with Crippen LogP contribution in [-0.4, -0.2) is 33.4 Å². The van der Waals surface area contributed by atoms with Gasteiger partial charge in [0, 0.05) is 25.9 Å². The number of nitrogens with one attached hydrogen (secondary N) is 1. The molecule has 6 heteroatoms. The summed E-state index contributed by atoms with van der Waals surface area (Å²) < 4.78 is 1.79. The van der Waals surface area contributed by atoms with E-state index in [1.165, 1.54) is 14.0 Å². The molecule has 2 N–H and O–H groups in total. The molecule has 1 amide bonds. The van der Waals surface area contributed by atoms with Gasteiger partial charge >= 0.3 is 5.97 Å². The second kappa shape index (κ2) is 4.72. The Kier molecular flexibility index (Phi) is 3.25. The molecule has 2 heterocycles. The van der Waals surface area contributed by atoms with Crippen molar-refractivity contribution in [2.45, 2.75) is 13.3 Å². The van der Waals surface area contributed by atoms with Crippen LogP contribution in [0.25, 0.3) is 5.65 Å². The zero-order chi connectivity index (χ0) is 14.0. The van der Waals surface area contributed by atoms with E-state index in [4.69, 9.17) is 0 Å². The summed E-state index contributed by atoms with van der Waals surface area (Å²) in [5.41, 5.74) is -0.228. The van der Waals surface area contributed by atoms with Crippen molar-refractivity contribution in [3.05, 3.63) is 36.3 Å². The molecular formula is C13H15N3O3. The smallest absolute Gasteiger partial charge is 0.319 e. The number of aliphatic carboxylic acids is 1. The minimum Gasteiger partial charge on any atom is -0.480 e. The van der Waals surface area contributed by atoms with Gasteiger partial charge in [-0.1, -0.05) is 6.07 Å². The van der Waals surface area contributed by atoms with Gasteiger partial charge in [0.15, 0.2) is 0 Å². The molecule has 0 aliphatic heterocycles. The van der Waals surface area contributed by atoms with Crippen LogP contribution in [0.3, 0.4) is 0 Å². The molecule has 1 atom stereocenters. The minimum absolute atomic E-state index is 0.0453. The van der Waals surface area contributed by atoms with Gasteiger partial charge in [-0.3, -0.25) is 9.59 Å². The third kappa shape index (κ3) is 2.29. The monoisotopic (exact) mass is 261 g/mol. The highest BCUT2D eigenvalue weighted by Crippen LogP contribution is 2.23. The SMILES string of the molecule is CNC(=O)C(C)(Cc1cn2ccccc2n1)C(=O)O. The van der Waals surface area contributed by atoms with Crippen molar-refractivity contribution in [3.8, 4) is 0 Å². The average molecular weight is 261 g/mol. The lowest BCUT2D eigenvalue weighted by molar-refractivity contribution is -0.154. The van der Waals surface area contributed by atoms with E-state index in [1.54, 1.807) is 10.6 Å². The summed E-state index contributed by atoms with van der Waals surface area (Å²) in [5, 5.41) is 11.7. The Hall–Kier alpha value is -2.37. The number of rotatable bonds is 4. The van der Waals surface area contributed by atoms with E-state index in [0.717, 1.165) is 5.65 Å². The van der Waals surface area contributed by atoms with E-state index in [9.17, 15) is 14.7 Å². The van der Waals surface area contributed by atoms with Crippen LogP contribution < -0.4 is 5.32 Å². The fraction of sp³-hybridized carbons (Fsp3) is 0.308. The van der Waals surface area contributed by atoms with Crippen LogP contribution in [0.4, 0.5) is 0 Å². The number of nitrogens with zero attached hydrogens (tertiary/aromatic N) is 2. The summed E-state index contributed by atoms with van der Waals surface area (Å²) in [6, 6.07) is 5.52. The lowest BCUT2D eigenvalue weighted by Crippen LogP contribution is -2.44. The molecule has 0 radical (unpaired) electrons. The highest BCUT2D eigenvalue weighted by molar-refractivity contribution is 6.01. The van der Waals surface area contributed by atoms with Crippen LogP contribution in [0.2, 0.25) is 0 Å². The number of pyridine rings is 1. The maximum absolute atomic E-state index is 11.8. The maximum atomic E-state index is 11.8. The van der Waals surface area contributed by atoms with Gasteiger partial charge < -0.3 is 14.8 Å². The fourth-order valence-corrected chi connectivity index (χ4v) is 1.96.